The van der Waals surface area contributed by atoms with E-state index in [0.29, 0.717) is 38.0 Å². The zero-order valence-electron chi connectivity index (χ0n) is 26.1. The fraction of sp³-hybridized carbons (Fsp3) is 0.394. The Kier molecular flexibility index (Phi) is 6.92. The number of benzene rings is 1. The number of halogens is 3. The van der Waals surface area contributed by atoms with Crippen molar-refractivity contribution in [2.45, 2.75) is 49.7 Å². The molecule has 1 unspecified atom stereocenters. The second-order valence-corrected chi connectivity index (χ2v) is 14.2. The molecule has 0 radical (unpaired) electrons. The van der Waals surface area contributed by atoms with Crippen LogP contribution < -0.4 is 10.6 Å². The van der Waals surface area contributed by atoms with E-state index in [1.165, 1.54) is 35.8 Å². The summed E-state index contributed by atoms with van der Waals surface area (Å²) in [6.45, 7) is 7.40. The van der Waals surface area contributed by atoms with Crippen LogP contribution in [0.2, 0.25) is 0 Å². The lowest BCUT2D eigenvalue weighted by atomic mass is 9.74. The van der Waals surface area contributed by atoms with Gasteiger partial charge in [-0.25, -0.2) is 4.68 Å². The summed E-state index contributed by atoms with van der Waals surface area (Å²) in [5.74, 6) is -0.244. The third-order valence-corrected chi connectivity index (χ3v) is 10.8. The molecule has 0 bridgehead atoms. The van der Waals surface area contributed by atoms with Gasteiger partial charge < -0.3 is 20.4 Å². The zero-order chi connectivity index (χ0) is 33.5. The number of nitrogen functional groups attached to an aromatic ring is 1. The number of pyridine rings is 1. The molecular weight excluding hydrogens is 643 g/mol. The SMILES string of the molecule is C=CC(=O)N1CC2c3c(nn(-c4ccc(C5CC5)cc4)c3CCN2C(=O)c2cnc(C(F)(F)F)cc2N)C2(C1)CN(c1nnc(C)s1)C2. The van der Waals surface area contributed by atoms with E-state index in [2.05, 4.69) is 50.9 Å². The van der Waals surface area contributed by atoms with E-state index in [9.17, 15) is 22.8 Å². The Balaban J connectivity index is 1.24. The Morgan fingerprint density at radius 2 is 1.88 bits per heavy atom. The number of nitrogens with two attached hydrogens (primary N) is 1. The lowest BCUT2D eigenvalue weighted by Gasteiger charge is -2.50. The van der Waals surface area contributed by atoms with Gasteiger partial charge in [0.05, 0.1) is 34.1 Å². The Bertz CT molecular complexity index is 1960. The fourth-order valence-corrected chi connectivity index (χ4v) is 8.08. The molecule has 4 aliphatic rings. The van der Waals surface area contributed by atoms with Crippen LogP contribution in [0.15, 0.2) is 49.2 Å². The maximum atomic E-state index is 14.2. The van der Waals surface area contributed by atoms with Gasteiger partial charge in [0.15, 0.2) is 0 Å². The number of hydrogen-bond acceptors (Lipinski definition) is 9. The number of fused-ring (bicyclic) bond motifs is 1. The van der Waals surface area contributed by atoms with Crippen molar-refractivity contribution >= 4 is 34.0 Å². The lowest BCUT2D eigenvalue weighted by Crippen LogP contribution is -2.64. The molecule has 15 heteroatoms. The van der Waals surface area contributed by atoms with Crippen LogP contribution in [-0.4, -0.2) is 79.3 Å². The molecule has 6 heterocycles. The molecule has 1 aliphatic carbocycles. The van der Waals surface area contributed by atoms with Crippen molar-refractivity contribution in [2.24, 2.45) is 0 Å². The minimum absolute atomic E-state index is 0.127. The van der Waals surface area contributed by atoms with Crippen molar-refractivity contribution in [1.29, 1.82) is 0 Å². The quantitative estimate of drug-likeness (QED) is 0.308. The first-order valence-corrected chi connectivity index (χ1v) is 16.6. The summed E-state index contributed by atoms with van der Waals surface area (Å²) in [6, 6.07) is 8.49. The molecule has 4 aromatic rings. The van der Waals surface area contributed by atoms with Gasteiger partial charge in [0.25, 0.3) is 5.91 Å². The molecule has 48 heavy (non-hydrogen) atoms. The van der Waals surface area contributed by atoms with E-state index in [1.54, 1.807) is 9.80 Å². The van der Waals surface area contributed by atoms with Gasteiger partial charge in [-0.05, 0) is 55.5 Å². The molecule has 1 saturated carbocycles. The molecular formula is C33H32F3N9O2S. The number of aryl methyl sites for hydroxylation is 1. The first-order valence-electron chi connectivity index (χ1n) is 15.8. The van der Waals surface area contributed by atoms with Crippen molar-refractivity contribution in [3.05, 3.63) is 88.0 Å². The number of hydrogen-bond donors (Lipinski definition) is 1. The normalized spacial score (nSPS) is 19.9. The highest BCUT2D eigenvalue weighted by Crippen LogP contribution is 2.48. The van der Waals surface area contributed by atoms with Crippen LogP contribution >= 0.6 is 11.3 Å². The van der Waals surface area contributed by atoms with Crippen LogP contribution in [0.1, 0.15) is 68.4 Å². The number of rotatable bonds is 5. The van der Waals surface area contributed by atoms with E-state index in [1.807, 2.05) is 11.6 Å². The standard InChI is InChI=1S/C33H32F3N9O2S/c1-3-27(46)42-14-25-28-24(10-11-44(25)30(47)22-13-38-26(12-23(22)37)33(34,35)36)45(21-8-6-20(7-9-21)19-4-5-19)41-29(28)32(15-42)16-43(17-32)31-40-39-18(2)48-31/h3,6-9,12-13,19,25H,1,4-5,10-11,14-17H2,2H3,(H2,37,38). The van der Waals surface area contributed by atoms with Crippen LogP contribution in [0, 0.1) is 6.92 Å². The van der Waals surface area contributed by atoms with Gasteiger partial charge in [0.2, 0.25) is 11.0 Å². The van der Waals surface area contributed by atoms with Crippen molar-refractivity contribution in [2.75, 3.05) is 43.4 Å². The van der Waals surface area contributed by atoms with Crippen molar-refractivity contribution in [1.82, 2.24) is 34.8 Å². The smallest absolute Gasteiger partial charge is 0.398 e. The molecule has 3 aliphatic heterocycles. The average Bonchev–Trinajstić information content (AvgIpc) is 3.73. The molecule has 1 saturated heterocycles. The summed E-state index contributed by atoms with van der Waals surface area (Å²) in [6.07, 6.45) is 0.267. The molecule has 1 aromatic carbocycles. The molecule has 2 N–H and O–H groups in total. The second-order valence-electron chi connectivity index (χ2n) is 13.1. The monoisotopic (exact) mass is 675 g/mol. The summed E-state index contributed by atoms with van der Waals surface area (Å²) in [5, 5.41) is 15.4. The molecule has 2 amide bonds. The predicted octanol–water partition coefficient (Wildman–Crippen LogP) is 4.43. The van der Waals surface area contributed by atoms with Gasteiger partial charge in [-0.1, -0.05) is 30.0 Å². The van der Waals surface area contributed by atoms with E-state index >= 15 is 0 Å². The first kappa shape index (κ1) is 30.5. The number of amides is 2. The summed E-state index contributed by atoms with van der Waals surface area (Å²) >= 11 is 1.49. The summed E-state index contributed by atoms with van der Waals surface area (Å²) in [4.78, 5) is 36.5. The highest BCUT2D eigenvalue weighted by Gasteiger charge is 2.55. The highest BCUT2D eigenvalue weighted by molar-refractivity contribution is 7.15. The maximum absolute atomic E-state index is 14.2. The zero-order valence-corrected chi connectivity index (χ0v) is 26.9. The number of carbonyl (C=O) groups excluding carboxylic acids is 2. The third-order valence-electron chi connectivity index (χ3n) is 9.87. The summed E-state index contributed by atoms with van der Waals surface area (Å²) in [7, 11) is 0. The van der Waals surface area contributed by atoms with E-state index < -0.39 is 29.2 Å². The van der Waals surface area contributed by atoms with Crippen LogP contribution in [-0.2, 0) is 22.8 Å². The fourth-order valence-electron chi connectivity index (χ4n) is 7.39. The molecule has 248 valence electrons. The number of aromatic nitrogens is 5. The van der Waals surface area contributed by atoms with E-state index in [0.717, 1.165) is 39.0 Å². The van der Waals surface area contributed by atoms with Crippen molar-refractivity contribution in [3.8, 4) is 5.69 Å². The minimum atomic E-state index is -4.71. The Morgan fingerprint density at radius 1 is 1.12 bits per heavy atom. The number of alkyl halides is 3. The van der Waals surface area contributed by atoms with Gasteiger partial charge in [-0.2, -0.15) is 18.3 Å². The Labute approximate surface area is 277 Å². The second kappa shape index (κ2) is 10.9. The van der Waals surface area contributed by atoms with Gasteiger partial charge in [0, 0.05) is 56.6 Å². The number of anilines is 2. The number of carbonyl (C=O) groups is 2. The third kappa shape index (κ3) is 4.93. The van der Waals surface area contributed by atoms with Crippen LogP contribution in [0.3, 0.4) is 0 Å². The average molecular weight is 676 g/mol. The van der Waals surface area contributed by atoms with Crippen LogP contribution in [0.5, 0.6) is 0 Å². The summed E-state index contributed by atoms with van der Waals surface area (Å²) in [5.41, 5.74) is 8.64. The van der Waals surface area contributed by atoms with Crippen LogP contribution in [0.4, 0.5) is 24.0 Å². The first-order chi connectivity index (χ1) is 23.0. The topological polar surface area (TPSA) is 126 Å². The van der Waals surface area contributed by atoms with Crippen molar-refractivity contribution < 1.29 is 22.8 Å². The lowest BCUT2D eigenvalue weighted by molar-refractivity contribution is -0.141. The summed E-state index contributed by atoms with van der Waals surface area (Å²) < 4.78 is 42.1. The predicted molar refractivity (Wildman–Crippen MR) is 172 cm³/mol. The van der Waals surface area contributed by atoms with Crippen LogP contribution in [0.25, 0.3) is 5.69 Å². The molecule has 2 fully saturated rings. The van der Waals surface area contributed by atoms with E-state index in [-0.39, 0.29) is 30.2 Å². The van der Waals surface area contributed by atoms with Crippen molar-refractivity contribution in [3.63, 3.8) is 0 Å². The maximum Gasteiger partial charge on any atom is 0.433 e. The molecule has 11 nitrogen and oxygen atoms in total. The molecule has 3 aromatic heterocycles. The van der Waals surface area contributed by atoms with Gasteiger partial charge in [-0.3, -0.25) is 14.6 Å². The largest absolute Gasteiger partial charge is 0.433 e. The van der Waals surface area contributed by atoms with Gasteiger partial charge in [-0.15, -0.1) is 10.2 Å². The molecule has 1 spiro atoms. The molecule has 1 atom stereocenters. The minimum Gasteiger partial charge on any atom is -0.398 e. The van der Waals surface area contributed by atoms with Gasteiger partial charge >= 0.3 is 6.18 Å². The van der Waals surface area contributed by atoms with E-state index in [4.69, 9.17) is 10.8 Å². The highest BCUT2D eigenvalue weighted by atomic mass is 32.1. The Morgan fingerprint density at radius 3 is 2.50 bits per heavy atom. The number of nitrogens with zero attached hydrogens (tertiary/aromatic N) is 8. The molecule has 8 rings (SSSR count). The van der Waals surface area contributed by atoms with Gasteiger partial charge in [0.1, 0.15) is 10.7 Å². The Hall–Kier alpha value is -4.79.